The van der Waals surface area contributed by atoms with Gasteiger partial charge in [0.25, 0.3) is 0 Å². The molecule has 3 aliphatic rings. The van der Waals surface area contributed by atoms with Crippen LogP contribution in [0.5, 0.6) is 5.75 Å². The number of hydrogen-bond donors (Lipinski definition) is 1. The maximum Gasteiger partial charge on any atom is 0.123 e. The van der Waals surface area contributed by atoms with Crippen LogP contribution in [0, 0.1) is 12.8 Å². The first-order chi connectivity index (χ1) is 9.67. The quantitative estimate of drug-likeness (QED) is 0.913. The Labute approximate surface area is 122 Å². The monoisotopic (exact) mass is 274 g/mol. The lowest BCUT2D eigenvalue weighted by Gasteiger charge is -2.46. The predicted octanol–water partition coefficient (Wildman–Crippen LogP) is 2.75. The van der Waals surface area contributed by atoms with Crippen molar-refractivity contribution < 1.29 is 4.74 Å². The largest absolute Gasteiger partial charge is 0.496 e. The molecule has 3 heterocycles. The molecule has 3 aliphatic heterocycles. The Morgan fingerprint density at radius 3 is 2.65 bits per heavy atom. The Hall–Kier alpha value is -1.06. The van der Waals surface area contributed by atoms with Gasteiger partial charge < -0.3 is 15.0 Å². The summed E-state index contributed by atoms with van der Waals surface area (Å²) in [6.45, 7) is 8.21. The molecule has 0 aromatic heterocycles. The van der Waals surface area contributed by atoms with E-state index in [0.29, 0.717) is 12.1 Å². The van der Waals surface area contributed by atoms with Crippen LogP contribution in [0.4, 0.5) is 0 Å². The number of ether oxygens (including phenoxy) is 1. The maximum atomic E-state index is 5.52. The Kier molecular flexibility index (Phi) is 3.99. The molecule has 0 amide bonds. The van der Waals surface area contributed by atoms with Gasteiger partial charge in [0.1, 0.15) is 5.75 Å². The fourth-order valence-electron chi connectivity index (χ4n) is 3.76. The number of benzene rings is 1. The van der Waals surface area contributed by atoms with Crippen molar-refractivity contribution in [1.82, 2.24) is 10.2 Å². The molecule has 3 heteroatoms. The summed E-state index contributed by atoms with van der Waals surface area (Å²) in [5.74, 6) is 1.86. The molecule has 3 saturated heterocycles. The molecule has 1 N–H and O–H groups in total. The van der Waals surface area contributed by atoms with Gasteiger partial charge in [-0.25, -0.2) is 0 Å². The van der Waals surface area contributed by atoms with Gasteiger partial charge in [-0.2, -0.15) is 0 Å². The molecule has 2 unspecified atom stereocenters. The number of fused-ring (bicyclic) bond motifs is 3. The van der Waals surface area contributed by atoms with Crippen LogP contribution in [0.3, 0.4) is 0 Å². The predicted molar refractivity (Wildman–Crippen MR) is 82.2 cm³/mol. The standard InChI is InChI=1S/C17H26N2O/c1-12-4-5-17(20-3)15(10-12)13(2)18-16-11-19-8-6-14(16)7-9-19/h4-5,10,13-14,16,18H,6-9,11H2,1-3H3. The highest BCUT2D eigenvalue weighted by molar-refractivity contribution is 5.39. The molecule has 0 aliphatic carbocycles. The van der Waals surface area contributed by atoms with Crippen LogP contribution in [0.2, 0.25) is 0 Å². The number of aryl methyl sites for hydroxylation is 1. The van der Waals surface area contributed by atoms with E-state index in [4.69, 9.17) is 4.74 Å². The van der Waals surface area contributed by atoms with E-state index in [-0.39, 0.29) is 0 Å². The van der Waals surface area contributed by atoms with Gasteiger partial charge >= 0.3 is 0 Å². The van der Waals surface area contributed by atoms with Crippen molar-refractivity contribution in [3.05, 3.63) is 29.3 Å². The first-order valence-corrected chi connectivity index (χ1v) is 7.80. The van der Waals surface area contributed by atoms with Crippen LogP contribution >= 0.6 is 0 Å². The van der Waals surface area contributed by atoms with Gasteiger partial charge in [-0.3, -0.25) is 0 Å². The molecule has 20 heavy (non-hydrogen) atoms. The smallest absolute Gasteiger partial charge is 0.123 e. The van der Waals surface area contributed by atoms with E-state index >= 15 is 0 Å². The third-order valence-electron chi connectivity index (χ3n) is 4.97. The van der Waals surface area contributed by atoms with Gasteiger partial charge in [-0.05, 0) is 51.8 Å². The van der Waals surface area contributed by atoms with E-state index in [1.165, 1.54) is 43.6 Å². The number of piperidine rings is 3. The second-order valence-electron chi connectivity index (χ2n) is 6.38. The lowest BCUT2D eigenvalue weighted by molar-refractivity contribution is 0.0678. The molecule has 0 spiro atoms. The molecular formula is C17H26N2O. The fraction of sp³-hybridized carbons (Fsp3) is 0.647. The number of nitrogens with zero attached hydrogens (tertiary/aromatic N) is 1. The zero-order chi connectivity index (χ0) is 14.1. The summed E-state index contributed by atoms with van der Waals surface area (Å²) < 4.78 is 5.52. The van der Waals surface area contributed by atoms with Gasteiger partial charge in [0.2, 0.25) is 0 Å². The van der Waals surface area contributed by atoms with E-state index in [2.05, 4.69) is 42.3 Å². The second-order valence-corrected chi connectivity index (χ2v) is 6.38. The molecule has 2 bridgehead atoms. The van der Waals surface area contributed by atoms with Crippen molar-refractivity contribution in [2.45, 2.75) is 38.8 Å². The summed E-state index contributed by atoms with van der Waals surface area (Å²) in [6.07, 6.45) is 2.71. The SMILES string of the molecule is COc1ccc(C)cc1C(C)NC1CN2CCC1CC2. The number of methoxy groups -OCH3 is 1. The van der Waals surface area contributed by atoms with Crippen LogP contribution < -0.4 is 10.1 Å². The van der Waals surface area contributed by atoms with Crippen LogP contribution in [0.15, 0.2) is 18.2 Å². The maximum absolute atomic E-state index is 5.52. The van der Waals surface area contributed by atoms with Crippen LogP contribution in [-0.2, 0) is 0 Å². The summed E-state index contributed by atoms with van der Waals surface area (Å²) in [7, 11) is 1.76. The van der Waals surface area contributed by atoms with Crippen molar-refractivity contribution in [2.24, 2.45) is 5.92 Å². The molecule has 4 rings (SSSR count). The fourth-order valence-corrected chi connectivity index (χ4v) is 3.76. The minimum Gasteiger partial charge on any atom is -0.496 e. The van der Waals surface area contributed by atoms with Gasteiger partial charge in [0, 0.05) is 24.2 Å². The molecule has 0 saturated carbocycles. The first kappa shape index (κ1) is 13.9. The zero-order valence-electron chi connectivity index (χ0n) is 12.9. The molecule has 1 aromatic rings. The third-order valence-corrected chi connectivity index (χ3v) is 4.97. The number of hydrogen-bond acceptors (Lipinski definition) is 3. The van der Waals surface area contributed by atoms with E-state index in [1.807, 2.05) is 0 Å². The summed E-state index contributed by atoms with van der Waals surface area (Å²) in [5.41, 5.74) is 2.58. The van der Waals surface area contributed by atoms with E-state index in [1.54, 1.807) is 7.11 Å². The van der Waals surface area contributed by atoms with Crippen molar-refractivity contribution in [1.29, 1.82) is 0 Å². The summed E-state index contributed by atoms with van der Waals surface area (Å²) in [6, 6.07) is 7.42. The minimum absolute atomic E-state index is 0.343. The summed E-state index contributed by atoms with van der Waals surface area (Å²) in [5, 5.41) is 3.85. The van der Waals surface area contributed by atoms with Crippen molar-refractivity contribution in [3.63, 3.8) is 0 Å². The normalized spacial score (nSPS) is 30.2. The molecule has 0 radical (unpaired) electrons. The van der Waals surface area contributed by atoms with Crippen LogP contribution in [0.1, 0.15) is 36.9 Å². The van der Waals surface area contributed by atoms with Crippen molar-refractivity contribution >= 4 is 0 Å². The molecule has 110 valence electrons. The van der Waals surface area contributed by atoms with E-state index in [0.717, 1.165) is 11.7 Å². The Balaban J connectivity index is 1.73. The lowest BCUT2D eigenvalue weighted by atomic mass is 9.83. The second kappa shape index (κ2) is 5.74. The topological polar surface area (TPSA) is 24.5 Å². The average Bonchev–Trinajstić information content (AvgIpc) is 2.48. The highest BCUT2D eigenvalue weighted by Gasteiger charge is 2.34. The van der Waals surface area contributed by atoms with Gasteiger partial charge in [-0.1, -0.05) is 17.7 Å². The van der Waals surface area contributed by atoms with Gasteiger partial charge in [-0.15, -0.1) is 0 Å². The minimum atomic E-state index is 0.343. The molecule has 2 atom stereocenters. The van der Waals surface area contributed by atoms with Gasteiger partial charge in [0.05, 0.1) is 7.11 Å². The Morgan fingerprint density at radius 2 is 2.05 bits per heavy atom. The lowest BCUT2D eigenvalue weighted by Crippen LogP contribution is -2.56. The highest BCUT2D eigenvalue weighted by Crippen LogP contribution is 2.31. The number of nitrogens with one attached hydrogen (secondary N) is 1. The molecule has 3 fully saturated rings. The molecular weight excluding hydrogens is 248 g/mol. The van der Waals surface area contributed by atoms with Crippen molar-refractivity contribution in [2.75, 3.05) is 26.7 Å². The van der Waals surface area contributed by atoms with Crippen LogP contribution in [-0.4, -0.2) is 37.7 Å². The van der Waals surface area contributed by atoms with Gasteiger partial charge in [0.15, 0.2) is 0 Å². The van der Waals surface area contributed by atoms with E-state index in [9.17, 15) is 0 Å². The summed E-state index contributed by atoms with van der Waals surface area (Å²) in [4.78, 5) is 2.60. The zero-order valence-corrected chi connectivity index (χ0v) is 12.9. The Bertz CT molecular complexity index is 466. The van der Waals surface area contributed by atoms with Crippen molar-refractivity contribution in [3.8, 4) is 5.75 Å². The average molecular weight is 274 g/mol. The third kappa shape index (κ3) is 2.70. The number of rotatable bonds is 4. The van der Waals surface area contributed by atoms with Crippen LogP contribution in [0.25, 0.3) is 0 Å². The molecule has 1 aromatic carbocycles. The summed E-state index contributed by atoms with van der Waals surface area (Å²) >= 11 is 0. The van der Waals surface area contributed by atoms with E-state index < -0.39 is 0 Å². The molecule has 3 nitrogen and oxygen atoms in total. The first-order valence-electron chi connectivity index (χ1n) is 7.80. The Morgan fingerprint density at radius 1 is 1.30 bits per heavy atom. The highest BCUT2D eigenvalue weighted by atomic mass is 16.5.